The molecule has 3 aromatic heterocycles. The van der Waals surface area contributed by atoms with E-state index in [-0.39, 0.29) is 11.2 Å². The lowest BCUT2D eigenvalue weighted by molar-refractivity contribution is 0.948. The molecule has 0 spiro atoms. The maximum atomic E-state index is 11.4. The van der Waals surface area contributed by atoms with Crippen molar-refractivity contribution in [3.63, 3.8) is 0 Å². The Morgan fingerprint density at radius 3 is 2.82 bits per heavy atom. The second-order valence-electron chi connectivity index (χ2n) is 3.57. The molecule has 0 bridgehead atoms. The van der Waals surface area contributed by atoms with Gasteiger partial charge in [0.2, 0.25) is 0 Å². The van der Waals surface area contributed by atoms with Crippen LogP contribution in [0.4, 0.5) is 0 Å². The van der Waals surface area contributed by atoms with Crippen LogP contribution in [0.5, 0.6) is 0 Å². The highest BCUT2D eigenvalue weighted by Gasteiger charge is 2.08. The molecular weight excluding hydrogens is 224 g/mol. The topological polar surface area (TPSA) is 123 Å². The Hall–Kier alpha value is -2.64. The molecule has 0 aliphatic carbocycles. The molecule has 0 amide bonds. The van der Waals surface area contributed by atoms with Gasteiger partial charge in [-0.2, -0.15) is 5.10 Å². The van der Waals surface area contributed by atoms with E-state index in [4.69, 9.17) is 0 Å². The van der Waals surface area contributed by atoms with E-state index in [0.717, 1.165) is 5.69 Å². The maximum absolute atomic E-state index is 11.4. The lowest BCUT2D eigenvalue weighted by Gasteiger charge is -1.90. The molecule has 0 unspecified atom stereocenters. The van der Waals surface area contributed by atoms with Gasteiger partial charge in [-0.05, 0) is 6.07 Å². The first-order chi connectivity index (χ1) is 8.22. The van der Waals surface area contributed by atoms with Crippen molar-refractivity contribution in [1.29, 1.82) is 0 Å². The fraction of sp³-hybridized carbons (Fsp3) is 0.111. The molecule has 17 heavy (non-hydrogen) atoms. The van der Waals surface area contributed by atoms with E-state index < -0.39 is 11.2 Å². The zero-order valence-electron chi connectivity index (χ0n) is 8.57. The highest BCUT2D eigenvalue weighted by atomic mass is 16.2. The van der Waals surface area contributed by atoms with E-state index in [1.165, 1.54) is 0 Å². The predicted molar refractivity (Wildman–Crippen MR) is 58.7 cm³/mol. The molecular formula is C9H8N6O2. The summed E-state index contributed by atoms with van der Waals surface area (Å²) < 4.78 is 0. The van der Waals surface area contributed by atoms with Gasteiger partial charge in [0, 0.05) is 18.3 Å². The summed E-state index contributed by atoms with van der Waals surface area (Å²) >= 11 is 0. The fourth-order valence-electron chi connectivity index (χ4n) is 1.63. The Balaban J connectivity index is 2.11. The number of nitrogens with one attached hydrogen (secondary N) is 4. The van der Waals surface area contributed by atoms with Gasteiger partial charge in [-0.3, -0.25) is 19.9 Å². The first kappa shape index (κ1) is 9.58. The van der Waals surface area contributed by atoms with Gasteiger partial charge < -0.3 is 4.98 Å². The van der Waals surface area contributed by atoms with Gasteiger partial charge in [0.25, 0.3) is 5.56 Å². The molecule has 0 saturated heterocycles. The molecule has 3 aromatic rings. The molecule has 0 atom stereocenters. The van der Waals surface area contributed by atoms with Gasteiger partial charge in [-0.15, -0.1) is 0 Å². The molecule has 0 radical (unpaired) electrons. The van der Waals surface area contributed by atoms with Crippen LogP contribution in [0.3, 0.4) is 0 Å². The number of imidazole rings is 1. The molecule has 0 fully saturated rings. The van der Waals surface area contributed by atoms with Crippen LogP contribution in [0.2, 0.25) is 0 Å². The average Bonchev–Trinajstić information content (AvgIpc) is 2.87. The third-order valence-corrected chi connectivity index (χ3v) is 2.36. The number of hydrogen-bond donors (Lipinski definition) is 4. The lowest BCUT2D eigenvalue weighted by Crippen LogP contribution is -2.21. The van der Waals surface area contributed by atoms with E-state index in [2.05, 4.69) is 30.1 Å². The minimum Gasteiger partial charge on any atom is -0.336 e. The Morgan fingerprint density at radius 1 is 1.18 bits per heavy atom. The average molecular weight is 232 g/mol. The number of fused-ring (bicyclic) bond motifs is 1. The van der Waals surface area contributed by atoms with Crippen LogP contribution < -0.4 is 11.2 Å². The molecule has 3 heterocycles. The summed E-state index contributed by atoms with van der Waals surface area (Å²) in [6.45, 7) is 0. The maximum Gasteiger partial charge on any atom is 0.327 e. The van der Waals surface area contributed by atoms with Crippen molar-refractivity contribution < 1.29 is 0 Å². The molecule has 86 valence electrons. The molecule has 8 nitrogen and oxygen atoms in total. The van der Waals surface area contributed by atoms with Crippen molar-refractivity contribution in [3.05, 3.63) is 44.6 Å². The molecule has 0 aliphatic rings. The van der Waals surface area contributed by atoms with Crippen LogP contribution >= 0.6 is 0 Å². The summed E-state index contributed by atoms with van der Waals surface area (Å²) in [5.41, 5.74) is 0.337. The van der Waals surface area contributed by atoms with Crippen molar-refractivity contribution in [2.24, 2.45) is 0 Å². The van der Waals surface area contributed by atoms with E-state index in [1.54, 1.807) is 12.3 Å². The van der Waals surface area contributed by atoms with E-state index in [1.807, 2.05) is 0 Å². The van der Waals surface area contributed by atoms with E-state index in [0.29, 0.717) is 12.2 Å². The number of H-pyrrole nitrogens is 4. The summed E-state index contributed by atoms with van der Waals surface area (Å²) in [6.07, 6.45) is 2.11. The Bertz CT molecular complexity index is 763. The smallest absolute Gasteiger partial charge is 0.327 e. The van der Waals surface area contributed by atoms with Crippen LogP contribution in [-0.2, 0) is 6.42 Å². The summed E-state index contributed by atoms with van der Waals surface area (Å²) in [5.74, 6) is 0.580. The summed E-state index contributed by atoms with van der Waals surface area (Å²) in [6, 6.07) is 1.81. The van der Waals surface area contributed by atoms with Crippen LogP contribution in [0.1, 0.15) is 11.5 Å². The first-order valence-corrected chi connectivity index (χ1v) is 4.92. The highest BCUT2D eigenvalue weighted by Crippen LogP contribution is 2.05. The van der Waals surface area contributed by atoms with Crippen molar-refractivity contribution >= 4 is 11.2 Å². The minimum absolute atomic E-state index is 0.258. The fourth-order valence-corrected chi connectivity index (χ4v) is 1.63. The molecule has 0 aliphatic heterocycles. The van der Waals surface area contributed by atoms with Gasteiger partial charge in [0.15, 0.2) is 5.65 Å². The van der Waals surface area contributed by atoms with Crippen LogP contribution in [0.15, 0.2) is 21.9 Å². The second kappa shape index (κ2) is 3.44. The van der Waals surface area contributed by atoms with Crippen LogP contribution in [-0.4, -0.2) is 30.1 Å². The van der Waals surface area contributed by atoms with Gasteiger partial charge >= 0.3 is 5.69 Å². The second-order valence-corrected chi connectivity index (χ2v) is 3.57. The van der Waals surface area contributed by atoms with E-state index >= 15 is 0 Å². The normalized spacial score (nSPS) is 11.1. The molecule has 8 heteroatoms. The lowest BCUT2D eigenvalue weighted by atomic mass is 10.3. The summed E-state index contributed by atoms with van der Waals surface area (Å²) in [5, 5.41) is 6.60. The largest absolute Gasteiger partial charge is 0.336 e. The molecule has 4 N–H and O–H groups in total. The third-order valence-electron chi connectivity index (χ3n) is 2.36. The van der Waals surface area contributed by atoms with Crippen LogP contribution in [0.25, 0.3) is 11.2 Å². The zero-order valence-corrected chi connectivity index (χ0v) is 8.57. The number of nitrogens with zero attached hydrogens (tertiary/aromatic N) is 2. The predicted octanol–water partition coefficient (Wildman–Crippen LogP) is -0.747. The van der Waals surface area contributed by atoms with Crippen molar-refractivity contribution in [2.45, 2.75) is 6.42 Å². The number of aromatic amines is 4. The number of aromatic nitrogens is 6. The molecule has 3 rings (SSSR count). The molecule has 0 aromatic carbocycles. The number of rotatable bonds is 2. The number of hydrogen-bond acceptors (Lipinski definition) is 4. The monoisotopic (exact) mass is 232 g/mol. The van der Waals surface area contributed by atoms with E-state index in [9.17, 15) is 9.59 Å². The Morgan fingerprint density at radius 2 is 2.06 bits per heavy atom. The first-order valence-electron chi connectivity index (χ1n) is 4.92. The van der Waals surface area contributed by atoms with Crippen molar-refractivity contribution in [2.75, 3.05) is 0 Å². The van der Waals surface area contributed by atoms with Crippen LogP contribution in [0, 0.1) is 0 Å². The Labute approximate surface area is 93.1 Å². The highest BCUT2D eigenvalue weighted by molar-refractivity contribution is 5.68. The Kier molecular flexibility index (Phi) is 1.94. The zero-order chi connectivity index (χ0) is 11.8. The SMILES string of the molecule is O=c1[nH]c(=O)c2[nH]c(Cc3ccn[nH]3)nc2[nH]1. The molecule has 0 saturated carbocycles. The standard InChI is InChI=1S/C9H8N6O2/c16-8-6-7(13-9(17)14-8)12-5(11-6)3-4-1-2-10-15-4/h1-2H,3H2,(H,10,15)(H3,11,12,13,14,16,17). The van der Waals surface area contributed by atoms with Crippen molar-refractivity contribution in [1.82, 2.24) is 30.1 Å². The summed E-state index contributed by atoms with van der Waals surface area (Å²) in [4.78, 5) is 34.1. The van der Waals surface area contributed by atoms with Gasteiger partial charge in [-0.25, -0.2) is 9.78 Å². The van der Waals surface area contributed by atoms with Gasteiger partial charge in [0.05, 0.1) is 0 Å². The minimum atomic E-state index is -0.568. The van der Waals surface area contributed by atoms with Gasteiger partial charge in [-0.1, -0.05) is 0 Å². The third kappa shape index (κ3) is 1.65. The quantitative estimate of drug-likeness (QED) is 0.464. The van der Waals surface area contributed by atoms with Crippen molar-refractivity contribution in [3.8, 4) is 0 Å². The van der Waals surface area contributed by atoms with Gasteiger partial charge in [0.1, 0.15) is 11.3 Å². The summed E-state index contributed by atoms with van der Waals surface area (Å²) in [7, 11) is 0.